The molecule has 2 aliphatic heterocycles. The first-order chi connectivity index (χ1) is 18.2. The molecule has 7 rings (SSSR count). The Balaban J connectivity index is 1.31. The van der Waals surface area contributed by atoms with E-state index in [2.05, 4.69) is 56.2 Å². The Hall–Kier alpha value is -4.39. The van der Waals surface area contributed by atoms with Crippen LogP contribution in [0.4, 0.5) is 17.2 Å². The molecule has 4 heterocycles. The van der Waals surface area contributed by atoms with Crippen molar-refractivity contribution in [2.75, 3.05) is 17.3 Å². The number of benzene rings is 2. The molecule has 3 aliphatic rings. The minimum absolute atomic E-state index is 0.00895. The monoisotopic (exact) mass is 488 g/mol. The molecular formula is C30H28N6O. The van der Waals surface area contributed by atoms with Gasteiger partial charge in [-0.1, -0.05) is 48.5 Å². The predicted octanol–water partition coefficient (Wildman–Crippen LogP) is 5.52. The lowest BCUT2D eigenvalue weighted by atomic mass is 10.1. The van der Waals surface area contributed by atoms with Gasteiger partial charge in [-0.25, -0.2) is 4.99 Å². The van der Waals surface area contributed by atoms with Crippen molar-refractivity contribution in [3.8, 4) is 11.3 Å². The van der Waals surface area contributed by atoms with E-state index in [1.54, 1.807) is 4.90 Å². The van der Waals surface area contributed by atoms with Crippen LogP contribution < -0.4 is 10.2 Å². The maximum absolute atomic E-state index is 13.5. The van der Waals surface area contributed by atoms with Gasteiger partial charge in [0.15, 0.2) is 0 Å². The van der Waals surface area contributed by atoms with Gasteiger partial charge in [-0.3, -0.25) is 14.7 Å². The van der Waals surface area contributed by atoms with Crippen LogP contribution in [0.3, 0.4) is 0 Å². The molecule has 0 radical (unpaired) electrons. The minimum Gasteiger partial charge on any atom is -0.340 e. The second-order valence-corrected chi connectivity index (χ2v) is 10.00. The summed E-state index contributed by atoms with van der Waals surface area (Å²) in [7, 11) is 1.84. The number of rotatable bonds is 5. The molecule has 2 aromatic carbocycles. The number of aromatic nitrogens is 2. The zero-order chi connectivity index (χ0) is 24.9. The van der Waals surface area contributed by atoms with Crippen LogP contribution in [-0.4, -0.2) is 45.4 Å². The molecular weight excluding hydrogens is 460 g/mol. The Bertz CT molecular complexity index is 1490. The summed E-state index contributed by atoms with van der Waals surface area (Å²) in [5, 5.41) is 3.65. The van der Waals surface area contributed by atoms with E-state index < -0.39 is 0 Å². The smallest absolute Gasteiger partial charge is 0.264 e. The lowest BCUT2D eigenvalue weighted by molar-refractivity contribution is 0.0865. The largest absolute Gasteiger partial charge is 0.340 e. The first-order valence-corrected chi connectivity index (χ1v) is 12.9. The summed E-state index contributed by atoms with van der Waals surface area (Å²) in [5.74, 6) is 1.70. The standard InChI is InChI=1S/C30H28N6O/c1-34-29(37)23-19-35(18-20-13-15-21(16-14-20)24-10-5-6-17-31-24)28(32-22-8-3-2-4-9-22)27(23)36-26-12-7-11-25(26)33-30(34)36/h2-6,8-10,13-17,19,25-26,32H,7,11-12,18H2,1H3. The van der Waals surface area contributed by atoms with Crippen molar-refractivity contribution in [1.29, 1.82) is 0 Å². The molecule has 1 aliphatic carbocycles. The summed E-state index contributed by atoms with van der Waals surface area (Å²) in [4.78, 5) is 27.0. The average Bonchev–Trinajstić information content (AvgIpc) is 3.63. The zero-order valence-electron chi connectivity index (χ0n) is 20.7. The highest BCUT2D eigenvalue weighted by atomic mass is 16.2. The molecule has 2 unspecified atom stereocenters. The van der Waals surface area contributed by atoms with Crippen LogP contribution in [0.5, 0.6) is 0 Å². The SMILES string of the molecule is CN1C(=O)c2cn(Cc3ccc(-c4ccccn4)cc3)c(Nc3ccccc3)c2N2C1=NC1CCCC12. The van der Waals surface area contributed by atoms with E-state index in [-0.39, 0.29) is 11.9 Å². The quantitative estimate of drug-likeness (QED) is 0.402. The van der Waals surface area contributed by atoms with Crippen LogP contribution in [0.1, 0.15) is 35.2 Å². The maximum Gasteiger partial charge on any atom is 0.264 e. The van der Waals surface area contributed by atoms with Gasteiger partial charge in [0.2, 0.25) is 5.96 Å². The first kappa shape index (κ1) is 21.9. The lowest BCUT2D eigenvalue weighted by Crippen LogP contribution is -2.51. The number of amides is 1. The summed E-state index contributed by atoms with van der Waals surface area (Å²) < 4.78 is 2.17. The molecule has 7 nitrogen and oxygen atoms in total. The van der Waals surface area contributed by atoms with E-state index in [0.29, 0.717) is 12.6 Å². The number of pyridine rings is 1. The third-order valence-electron chi connectivity index (χ3n) is 7.70. The second-order valence-electron chi connectivity index (χ2n) is 10.00. The maximum atomic E-state index is 13.5. The van der Waals surface area contributed by atoms with Gasteiger partial charge in [0, 0.05) is 37.2 Å². The van der Waals surface area contributed by atoms with Crippen molar-refractivity contribution in [2.45, 2.75) is 37.9 Å². The van der Waals surface area contributed by atoms with Crippen molar-refractivity contribution in [2.24, 2.45) is 4.99 Å². The Kier molecular flexibility index (Phi) is 5.09. The number of carbonyl (C=O) groups is 1. The molecule has 7 heteroatoms. The fraction of sp³-hybridized carbons (Fsp3) is 0.233. The van der Waals surface area contributed by atoms with E-state index in [0.717, 1.165) is 58.4 Å². The van der Waals surface area contributed by atoms with Gasteiger partial charge < -0.3 is 14.8 Å². The van der Waals surface area contributed by atoms with Gasteiger partial charge in [0.05, 0.1) is 29.0 Å². The summed E-state index contributed by atoms with van der Waals surface area (Å²) in [6.45, 7) is 0.635. The first-order valence-electron chi connectivity index (χ1n) is 12.9. The van der Waals surface area contributed by atoms with Gasteiger partial charge in [0.1, 0.15) is 5.82 Å². The molecule has 0 spiro atoms. The molecule has 37 heavy (non-hydrogen) atoms. The molecule has 2 atom stereocenters. The summed E-state index contributed by atoms with van der Waals surface area (Å²) in [5.41, 5.74) is 5.85. The number of guanidine groups is 1. The number of anilines is 3. The topological polar surface area (TPSA) is 65.8 Å². The van der Waals surface area contributed by atoms with Crippen LogP contribution in [0.25, 0.3) is 11.3 Å². The van der Waals surface area contributed by atoms with Crippen molar-refractivity contribution < 1.29 is 4.79 Å². The third kappa shape index (κ3) is 3.61. The van der Waals surface area contributed by atoms with E-state index in [4.69, 9.17) is 4.99 Å². The number of carbonyl (C=O) groups excluding carboxylic acids is 1. The summed E-state index contributed by atoms with van der Waals surface area (Å²) in [6, 6.07) is 25.2. The number of nitrogens with one attached hydrogen (secondary N) is 1. The molecule has 0 bridgehead atoms. The van der Waals surface area contributed by atoms with E-state index in [1.165, 1.54) is 6.42 Å². The third-order valence-corrected chi connectivity index (χ3v) is 7.70. The Morgan fingerprint density at radius 2 is 1.78 bits per heavy atom. The highest BCUT2D eigenvalue weighted by Gasteiger charge is 2.48. The van der Waals surface area contributed by atoms with E-state index in [9.17, 15) is 4.79 Å². The highest BCUT2D eigenvalue weighted by molar-refractivity contribution is 6.21. The molecule has 2 aromatic heterocycles. The Morgan fingerprint density at radius 3 is 2.57 bits per heavy atom. The van der Waals surface area contributed by atoms with Gasteiger partial charge in [-0.05, 0) is 49.1 Å². The van der Waals surface area contributed by atoms with Crippen molar-refractivity contribution in [3.63, 3.8) is 0 Å². The Labute approximate surface area is 216 Å². The van der Waals surface area contributed by atoms with Gasteiger partial charge in [0.25, 0.3) is 5.91 Å². The van der Waals surface area contributed by atoms with Crippen LogP contribution in [0.2, 0.25) is 0 Å². The molecule has 1 fully saturated rings. The van der Waals surface area contributed by atoms with Crippen LogP contribution in [0, 0.1) is 0 Å². The van der Waals surface area contributed by atoms with Crippen LogP contribution >= 0.6 is 0 Å². The van der Waals surface area contributed by atoms with Crippen LogP contribution in [0.15, 0.2) is 90.2 Å². The molecule has 1 N–H and O–H groups in total. The summed E-state index contributed by atoms with van der Waals surface area (Å²) >= 11 is 0. The van der Waals surface area contributed by atoms with E-state index >= 15 is 0 Å². The van der Waals surface area contributed by atoms with Gasteiger partial charge in [-0.2, -0.15) is 0 Å². The van der Waals surface area contributed by atoms with E-state index in [1.807, 2.05) is 55.8 Å². The molecule has 184 valence electrons. The van der Waals surface area contributed by atoms with Gasteiger partial charge >= 0.3 is 0 Å². The number of nitrogens with zero attached hydrogens (tertiary/aromatic N) is 5. The zero-order valence-corrected chi connectivity index (χ0v) is 20.7. The molecule has 4 aromatic rings. The average molecular weight is 489 g/mol. The lowest BCUT2D eigenvalue weighted by Gasteiger charge is -2.36. The number of para-hydroxylation sites is 1. The molecule has 1 amide bonds. The second kappa shape index (κ2) is 8.62. The number of fused-ring (bicyclic) bond motifs is 5. The van der Waals surface area contributed by atoms with Crippen LogP contribution in [-0.2, 0) is 6.54 Å². The highest BCUT2D eigenvalue weighted by Crippen LogP contribution is 2.46. The van der Waals surface area contributed by atoms with Crippen molar-refractivity contribution >= 4 is 29.1 Å². The summed E-state index contributed by atoms with van der Waals surface area (Å²) in [6.07, 6.45) is 7.15. The van der Waals surface area contributed by atoms with Crippen molar-refractivity contribution in [3.05, 3.63) is 96.3 Å². The number of hydrogen-bond acceptors (Lipinski definition) is 5. The normalized spacial score (nSPS) is 19.9. The fourth-order valence-corrected chi connectivity index (χ4v) is 5.89. The minimum atomic E-state index is -0.00895. The Morgan fingerprint density at radius 1 is 0.973 bits per heavy atom. The molecule has 1 saturated carbocycles. The van der Waals surface area contributed by atoms with Gasteiger partial charge in [-0.15, -0.1) is 0 Å². The van der Waals surface area contributed by atoms with Crippen molar-refractivity contribution in [1.82, 2.24) is 14.5 Å². The number of hydrogen-bond donors (Lipinski definition) is 1. The fourth-order valence-electron chi connectivity index (χ4n) is 5.89. The predicted molar refractivity (Wildman–Crippen MR) is 146 cm³/mol. The number of aliphatic imine (C=N–C) groups is 1. The molecule has 0 saturated heterocycles.